The molecule has 21 heavy (non-hydrogen) atoms. The van der Waals surface area contributed by atoms with Gasteiger partial charge in [0.15, 0.2) is 0 Å². The highest BCUT2D eigenvalue weighted by Gasteiger charge is 2.40. The smallest absolute Gasteiger partial charge is 0.123 e. The van der Waals surface area contributed by atoms with Crippen LogP contribution >= 0.6 is 0 Å². The van der Waals surface area contributed by atoms with Crippen LogP contribution in [0.4, 0.5) is 4.39 Å². The summed E-state index contributed by atoms with van der Waals surface area (Å²) in [4.78, 5) is 0. The van der Waals surface area contributed by atoms with Gasteiger partial charge in [0, 0.05) is 18.4 Å². The van der Waals surface area contributed by atoms with Gasteiger partial charge in [-0.2, -0.15) is 5.26 Å². The number of benzene rings is 1. The highest BCUT2D eigenvalue weighted by molar-refractivity contribution is 5.38. The molecular weight excluding hydrogens is 265 g/mol. The number of nitriles is 1. The molecule has 0 aromatic heterocycles. The molecule has 0 amide bonds. The van der Waals surface area contributed by atoms with Gasteiger partial charge in [0.1, 0.15) is 17.7 Å². The Morgan fingerprint density at radius 3 is 3.10 bits per heavy atom. The third-order valence-electron chi connectivity index (χ3n) is 5.14. The van der Waals surface area contributed by atoms with Gasteiger partial charge >= 0.3 is 0 Å². The van der Waals surface area contributed by atoms with Crippen molar-refractivity contribution in [2.75, 3.05) is 0 Å². The standard InChI is InChI=1S/C18H22FNO/c1-2-13-4-3-7-18(10-13,12-20)11-16-9-14-8-15(19)5-6-17(14)21-16/h5-6,8,13,16H,2-4,7,9-11H2,1H3. The average Bonchev–Trinajstić information content (AvgIpc) is 2.88. The van der Waals surface area contributed by atoms with Crippen molar-refractivity contribution < 1.29 is 9.13 Å². The first kappa shape index (κ1) is 14.4. The molecule has 0 bridgehead atoms. The van der Waals surface area contributed by atoms with Crippen LogP contribution in [0.5, 0.6) is 5.75 Å². The van der Waals surface area contributed by atoms with Crippen LogP contribution in [0.2, 0.25) is 0 Å². The summed E-state index contributed by atoms with van der Waals surface area (Å²) in [5.41, 5.74) is 0.695. The Hall–Kier alpha value is -1.56. The molecule has 1 aromatic carbocycles. The Morgan fingerprint density at radius 2 is 2.33 bits per heavy atom. The first-order valence-corrected chi connectivity index (χ1v) is 8.00. The average molecular weight is 287 g/mol. The number of nitrogens with zero attached hydrogens (tertiary/aromatic N) is 1. The van der Waals surface area contributed by atoms with Crippen molar-refractivity contribution in [1.29, 1.82) is 5.26 Å². The number of hydrogen-bond acceptors (Lipinski definition) is 2. The highest BCUT2D eigenvalue weighted by Crippen LogP contribution is 2.45. The van der Waals surface area contributed by atoms with Crippen LogP contribution in [0.3, 0.4) is 0 Å². The minimum Gasteiger partial charge on any atom is -0.490 e. The predicted molar refractivity (Wildman–Crippen MR) is 79.4 cm³/mol. The van der Waals surface area contributed by atoms with E-state index in [4.69, 9.17) is 4.74 Å². The van der Waals surface area contributed by atoms with Gasteiger partial charge in [-0.25, -0.2) is 4.39 Å². The van der Waals surface area contributed by atoms with Crippen LogP contribution in [-0.4, -0.2) is 6.10 Å². The van der Waals surface area contributed by atoms with Crippen molar-refractivity contribution >= 4 is 0 Å². The second-order valence-corrected chi connectivity index (χ2v) is 6.66. The summed E-state index contributed by atoms with van der Waals surface area (Å²) < 4.78 is 19.2. The molecule has 0 N–H and O–H groups in total. The fourth-order valence-corrected chi connectivity index (χ4v) is 4.01. The molecule has 112 valence electrons. The predicted octanol–water partition coefficient (Wildman–Crippen LogP) is 4.63. The summed E-state index contributed by atoms with van der Waals surface area (Å²) in [7, 11) is 0. The molecule has 3 unspecified atom stereocenters. The van der Waals surface area contributed by atoms with Crippen LogP contribution in [-0.2, 0) is 6.42 Å². The molecule has 2 aliphatic rings. The lowest BCUT2D eigenvalue weighted by Crippen LogP contribution is -2.32. The van der Waals surface area contributed by atoms with E-state index in [2.05, 4.69) is 13.0 Å². The zero-order valence-corrected chi connectivity index (χ0v) is 12.6. The van der Waals surface area contributed by atoms with Crippen molar-refractivity contribution in [2.24, 2.45) is 11.3 Å². The van der Waals surface area contributed by atoms with E-state index in [9.17, 15) is 9.65 Å². The second kappa shape index (κ2) is 5.67. The van der Waals surface area contributed by atoms with Crippen LogP contribution in [0, 0.1) is 28.5 Å². The molecule has 3 rings (SSSR count). The summed E-state index contributed by atoms with van der Waals surface area (Å²) in [5.74, 6) is 1.24. The Bertz CT molecular complexity index is 565. The summed E-state index contributed by atoms with van der Waals surface area (Å²) in [6, 6.07) is 7.30. The van der Waals surface area contributed by atoms with Gasteiger partial charge in [0.25, 0.3) is 0 Å². The molecule has 1 aliphatic heterocycles. The van der Waals surface area contributed by atoms with Gasteiger partial charge in [0.05, 0.1) is 11.5 Å². The third-order valence-corrected chi connectivity index (χ3v) is 5.14. The molecule has 0 saturated heterocycles. The molecule has 1 aromatic rings. The Morgan fingerprint density at radius 1 is 1.48 bits per heavy atom. The molecule has 3 atom stereocenters. The molecule has 0 spiro atoms. The van der Waals surface area contributed by atoms with Gasteiger partial charge in [0.2, 0.25) is 0 Å². The molecule has 1 heterocycles. The van der Waals surface area contributed by atoms with E-state index in [1.807, 2.05) is 0 Å². The fraction of sp³-hybridized carbons (Fsp3) is 0.611. The van der Waals surface area contributed by atoms with Crippen molar-refractivity contribution in [3.63, 3.8) is 0 Å². The molecule has 1 fully saturated rings. The molecular formula is C18H22FNO. The number of rotatable bonds is 3. The minimum absolute atomic E-state index is 0.0251. The zero-order chi connectivity index (χ0) is 14.9. The van der Waals surface area contributed by atoms with Crippen LogP contribution in [0.1, 0.15) is 51.0 Å². The first-order valence-electron chi connectivity index (χ1n) is 8.00. The molecule has 0 radical (unpaired) electrons. The van der Waals surface area contributed by atoms with Gasteiger partial charge in [-0.15, -0.1) is 0 Å². The van der Waals surface area contributed by atoms with Gasteiger partial charge in [-0.1, -0.05) is 26.2 Å². The van der Waals surface area contributed by atoms with Crippen molar-refractivity contribution in [3.8, 4) is 11.8 Å². The Kier molecular flexibility index (Phi) is 3.89. The number of halogens is 1. The monoisotopic (exact) mass is 287 g/mol. The van der Waals surface area contributed by atoms with Crippen LogP contribution in [0.15, 0.2) is 18.2 Å². The summed E-state index contributed by atoms with van der Waals surface area (Å²) >= 11 is 0. The molecule has 1 saturated carbocycles. The highest BCUT2D eigenvalue weighted by atomic mass is 19.1. The van der Waals surface area contributed by atoms with Gasteiger partial charge in [-0.3, -0.25) is 0 Å². The lowest BCUT2D eigenvalue weighted by Gasteiger charge is -2.36. The SMILES string of the molecule is CCC1CCCC(C#N)(CC2Cc3cc(F)ccc3O2)C1. The number of fused-ring (bicyclic) bond motifs is 1. The number of hydrogen-bond donors (Lipinski definition) is 0. The number of ether oxygens (including phenoxy) is 1. The Balaban J connectivity index is 1.70. The molecule has 2 nitrogen and oxygen atoms in total. The van der Waals surface area contributed by atoms with E-state index in [1.165, 1.54) is 12.5 Å². The Labute approximate surface area is 125 Å². The lowest BCUT2D eigenvalue weighted by molar-refractivity contribution is 0.113. The van der Waals surface area contributed by atoms with Crippen molar-refractivity contribution in [3.05, 3.63) is 29.6 Å². The van der Waals surface area contributed by atoms with E-state index in [1.54, 1.807) is 12.1 Å². The minimum atomic E-state index is -0.246. The van der Waals surface area contributed by atoms with E-state index >= 15 is 0 Å². The molecule has 1 aliphatic carbocycles. The van der Waals surface area contributed by atoms with E-state index in [-0.39, 0.29) is 17.3 Å². The molecule has 3 heteroatoms. The van der Waals surface area contributed by atoms with E-state index in [0.29, 0.717) is 5.92 Å². The zero-order valence-electron chi connectivity index (χ0n) is 12.6. The maximum Gasteiger partial charge on any atom is 0.123 e. The largest absolute Gasteiger partial charge is 0.490 e. The van der Waals surface area contributed by atoms with Crippen molar-refractivity contribution in [2.45, 2.75) is 58.0 Å². The van der Waals surface area contributed by atoms with Crippen LogP contribution in [0.25, 0.3) is 0 Å². The van der Waals surface area contributed by atoms with E-state index in [0.717, 1.165) is 49.8 Å². The summed E-state index contributed by atoms with van der Waals surface area (Å²) in [5, 5.41) is 9.71. The van der Waals surface area contributed by atoms with Gasteiger partial charge < -0.3 is 4.74 Å². The fourth-order valence-electron chi connectivity index (χ4n) is 4.01. The summed E-state index contributed by atoms with van der Waals surface area (Å²) in [6.07, 6.45) is 7.04. The summed E-state index contributed by atoms with van der Waals surface area (Å²) in [6.45, 7) is 2.21. The van der Waals surface area contributed by atoms with Crippen molar-refractivity contribution in [1.82, 2.24) is 0 Å². The normalized spacial score (nSPS) is 31.3. The van der Waals surface area contributed by atoms with E-state index < -0.39 is 0 Å². The third kappa shape index (κ3) is 2.90. The lowest BCUT2D eigenvalue weighted by atomic mass is 9.67. The first-order chi connectivity index (χ1) is 10.1. The topological polar surface area (TPSA) is 33.0 Å². The maximum atomic E-state index is 13.3. The maximum absolute atomic E-state index is 13.3. The van der Waals surface area contributed by atoms with Gasteiger partial charge in [-0.05, 0) is 37.0 Å². The van der Waals surface area contributed by atoms with Crippen LogP contribution < -0.4 is 4.74 Å². The quantitative estimate of drug-likeness (QED) is 0.812. The second-order valence-electron chi connectivity index (χ2n) is 6.66.